The van der Waals surface area contributed by atoms with Crippen LogP contribution in [0.2, 0.25) is 5.02 Å². The summed E-state index contributed by atoms with van der Waals surface area (Å²) in [6.07, 6.45) is 1.18. The third kappa shape index (κ3) is 3.60. The van der Waals surface area contributed by atoms with Crippen LogP contribution in [0.3, 0.4) is 0 Å². The Bertz CT molecular complexity index is 936. The standard InChI is InChI=1S/C16H14ClNO5/c1-9(19)11-4-3-10(17)5-12(11)13-6-15(20)18(8-16(21)22)7-14(13)23-2/h3-7H,8H2,1-2H3,(H,21,22)/i1D3. The molecular formula is C16H14ClNO5. The molecule has 6 nitrogen and oxygen atoms in total. The fraction of sp³-hybridized carbons (Fsp3) is 0.188. The second-order valence-electron chi connectivity index (χ2n) is 4.63. The fourth-order valence-corrected chi connectivity index (χ4v) is 2.30. The van der Waals surface area contributed by atoms with Crippen LogP contribution in [0, 0.1) is 0 Å². The van der Waals surface area contributed by atoms with Crippen molar-refractivity contribution in [3.8, 4) is 16.9 Å². The Morgan fingerprint density at radius 2 is 2.09 bits per heavy atom. The van der Waals surface area contributed by atoms with Crippen LogP contribution in [-0.2, 0) is 11.3 Å². The van der Waals surface area contributed by atoms with E-state index in [2.05, 4.69) is 0 Å². The number of rotatable bonds is 5. The monoisotopic (exact) mass is 338 g/mol. The van der Waals surface area contributed by atoms with E-state index in [0.717, 1.165) is 10.6 Å². The van der Waals surface area contributed by atoms with Crippen molar-refractivity contribution in [2.75, 3.05) is 7.11 Å². The quantitative estimate of drug-likeness (QED) is 0.846. The van der Waals surface area contributed by atoms with Gasteiger partial charge in [-0.3, -0.25) is 14.4 Å². The Morgan fingerprint density at radius 1 is 1.35 bits per heavy atom. The third-order valence-corrected chi connectivity index (χ3v) is 3.37. The minimum Gasteiger partial charge on any atom is -0.495 e. The van der Waals surface area contributed by atoms with Gasteiger partial charge in [-0.15, -0.1) is 0 Å². The predicted molar refractivity (Wildman–Crippen MR) is 85.3 cm³/mol. The second kappa shape index (κ2) is 6.66. The number of carbonyl (C=O) groups is 2. The highest BCUT2D eigenvalue weighted by atomic mass is 35.5. The molecule has 1 N–H and O–H groups in total. The number of ether oxygens (including phenoxy) is 1. The number of methoxy groups -OCH3 is 1. The number of benzene rings is 1. The van der Waals surface area contributed by atoms with Gasteiger partial charge in [0.1, 0.15) is 12.3 Å². The predicted octanol–water partition coefficient (Wildman–Crippen LogP) is 2.46. The second-order valence-corrected chi connectivity index (χ2v) is 5.07. The minimum atomic E-state index is -2.88. The van der Waals surface area contributed by atoms with Gasteiger partial charge in [0.2, 0.25) is 0 Å². The molecule has 0 aliphatic heterocycles. The number of hydrogen-bond acceptors (Lipinski definition) is 4. The van der Waals surface area contributed by atoms with E-state index in [4.69, 9.17) is 25.6 Å². The van der Waals surface area contributed by atoms with E-state index in [9.17, 15) is 14.4 Å². The number of pyridine rings is 1. The molecule has 0 spiro atoms. The number of carboxylic acids is 1. The van der Waals surface area contributed by atoms with Gasteiger partial charge in [0.15, 0.2) is 5.78 Å². The maximum absolute atomic E-state index is 12.3. The molecule has 0 fully saturated rings. The van der Waals surface area contributed by atoms with Gasteiger partial charge in [0.25, 0.3) is 5.56 Å². The molecule has 2 aromatic rings. The van der Waals surface area contributed by atoms with Crippen molar-refractivity contribution in [1.29, 1.82) is 0 Å². The van der Waals surface area contributed by atoms with Crippen LogP contribution in [-0.4, -0.2) is 28.5 Å². The number of ketones is 1. The number of Topliss-reactive ketones (excluding diaryl/α,β-unsaturated/α-hetero) is 1. The molecule has 0 amide bonds. The van der Waals surface area contributed by atoms with Gasteiger partial charge in [-0.05, 0) is 30.6 Å². The summed E-state index contributed by atoms with van der Waals surface area (Å²) in [5.41, 5.74) is -0.567. The van der Waals surface area contributed by atoms with Crippen molar-refractivity contribution in [2.45, 2.75) is 13.4 Å². The van der Waals surface area contributed by atoms with Gasteiger partial charge in [0, 0.05) is 26.3 Å². The van der Waals surface area contributed by atoms with Crippen LogP contribution < -0.4 is 10.3 Å². The lowest BCUT2D eigenvalue weighted by Crippen LogP contribution is -2.23. The highest BCUT2D eigenvalue weighted by Gasteiger charge is 2.16. The van der Waals surface area contributed by atoms with Crippen molar-refractivity contribution in [2.24, 2.45) is 0 Å². The summed E-state index contributed by atoms with van der Waals surface area (Å²) in [5.74, 6) is -2.24. The lowest BCUT2D eigenvalue weighted by atomic mass is 9.97. The summed E-state index contributed by atoms with van der Waals surface area (Å²) in [7, 11) is 1.30. The Balaban J connectivity index is 2.74. The average Bonchev–Trinajstić information content (AvgIpc) is 2.54. The molecule has 0 radical (unpaired) electrons. The average molecular weight is 339 g/mol. The molecule has 1 aromatic heterocycles. The molecule has 7 heteroatoms. The van der Waals surface area contributed by atoms with Crippen molar-refractivity contribution in [3.05, 3.63) is 51.4 Å². The first-order valence-electron chi connectivity index (χ1n) is 7.89. The molecule has 0 bridgehead atoms. The Morgan fingerprint density at radius 3 is 2.70 bits per heavy atom. The van der Waals surface area contributed by atoms with Crippen molar-refractivity contribution < 1.29 is 23.5 Å². The van der Waals surface area contributed by atoms with Gasteiger partial charge in [0.05, 0.1) is 13.3 Å². The van der Waals surface area contributed by atoms with Crippen LogP contribution in [0.15, 0.2) is 35.3 Å². The first kappa shape index (κ1) is 12.9. The third-order valence-electron chi connectivity index (χ3n) is 3.13. The number of halogens is 1. The van der Waals surface area contributed by atoms with Gasteiger partial charge >= 0.3 is 5.97 Å². The van der Waals surface area contributed by atoms with Gasteiger partial charge in [-0.2, -0.15) is 0 Å². The summed E-state index contributed by atoms with van der Waals surface area (Å²) in [6.45, 7) is -3.46. The highest BCUT2D eigenvalue weighted by molar-refractivity contribution is 6.31. The summed E-state index contributed by atoms with van der Waals surface area (Å²) in [5, 5.41) is 9.08. The van der Waals surface area contributed by atoms with Crippen LogP contribution >= 0.6 is 11.6 Å². The molecule has 0 aliphatic carbocycles. The van der Waals surface area contributed by atoms with E-state index in [1.807, 2.05) is 0 Å². The molecule has 1 heterocycles. The van der Waals surface area contributed by atoms with Crippen LogP contribution in [0.5, 0.6) is 5.75 Å². The molecular weight excluding hydrogens is 322 g/mol. The minimum absolute atomic E-state index is 0.0905. The van der Waals surface area contributed by atoms with E-state index in [-0.39, 0.29) is 27.5 Å². The lowest BCUT2D eigenvalue weighted by molar-refractivity contribution is -0.137. The van der Waals surface area contributed by atoms with Crippen molar-refractivity contribution >= 4 is 23.4 Å². The van der Waals surface area contributed by atoms with Gasteiger partial charge in [-0.25, -0.2) is 0 Å². The number of hydrogen-bond donors (Lipinski definition) is 1. The lowest BCUT2D eigenvalue weighted by Gasteiger charge is -2.14. The summed E-state index contributed by atoms with van der Waals surface area (Å²) in [6, 6.07) is 5.04. The maximum atomic E-state index is 12.3. The van der Waals surface area contributed by atoms with E-state index < -0.39 is 30.7 Å². The van der Waals surface area contributed by atoms with Crippen LogP contribution in [0.25, 0.3) is 11.1 Å². The van der Waals surface area contributed by atoms with Crippen LogP contribution in [0.4, 0.5) is 0 Å². The molecule has 2 rings (SSSR count). The number of carbonyl (C=O) groups excluding carboxylic acids is 1. The number of carboxylic acid groups (broad SMARTS) is 1. The topological polar surface area (TPSA) is 85.6 Å². The zero-order valence-corrected chi connectivity index (χ0v) is 12.8. The smallest absolute Gasteiger partial charge is 0.323 e. The van der Waals surface area contributed by atoms with Crippen molar-refractivity contribution in [3.63, 3.8) is 0 Å². The molecule has 0 saturated heterocycles. The highest BCUT2D eigenvalue weighted by Crippen LogP contribution is 2.33. The Kier molecular flexibility index (Phi) is 3.74. The molecule has 0 unspecified atom stereocenters. The zero-order chi connectivity index (χ0) is 19.6. The number of nitrogens with zero attached hydrogens (tertiary/aromatic N) is 1. The van der Waals surface area contributed by atoms with E-state index in [1.54, 1.807) is 0 Å². The first-order valence-corrected chi connectivity index (χ1v) is 6.77. The van der Waals surface area contributed by atoms with Gasteiger partial charge < -0.3 is 14.4 Å². The first-order chi connectivity index (χ1) is 12.0. The molecule has 1 aromatic carbocycles. The normalized spacial score (nSPS) is 12.9. The molecule has 120 valence electrons. The number of aromatic nitrogens is 1. The van der Waals surface area contributed by atoms with E-state index in [1.165, 1.54) is 31.5 Å². The molecule has 0 saturated carbocycles. The SMILES string of the molecule is [2H]C([2H])([2H])C(=O)c1ccc(Cl)cc1-c1cc(=O)n(CC(=O)O)cc1OC. The largest absolute Gasteiger partial charge is 0.495 e. The molecule has 23 heavy (non-hydrogen) atoms. The van der Waals surface area contributed by atoms with E-state index in [0.29, 0.717) is 0 Å². The van der Waals surface area contributed by atoms with Crippen LogP contribution in [0.1, 0.15) is 21.3 Å². The van der Waals surface area contributed by atoms with Gasteiger partial charge in [-0.1, -0.05) is 11.6 Å². The van der Waals surface area contributed by atoms with E-state index >= 15 is 0 Å². The number of aliphatic carboxylic acids is 1. The van der Waals surface area contributed by atoms with Crippen molar-refractivity contribution in [1.82, 2.24) is 4.57 Å². The summed E-state index contributed by atoms with van der Waals surface area (Å²) in [4.78, 5) is 35.3. The Labute approximate surface area is 141 Å². The summed E-state index contributed by atoms with van der Waals surface area (Å²) < 4.78 is 28.1. The summed E-state index contributed by atoms with van der Waals surface area (Å²) >= 11 is 5.97. The fourth-order valence-electron chi connectivity index (χ4n) is 2.13. The molecule has 0 aliphatic rings. The maximum Gasteiger partial charge on any atom is 0.323 e. The Hall–Kier alpha value is -2.60. The molecule has 0 atom stereocenters. The zero-order valence-electron chi connectivity index (χ0n) is 15.0.